The summed E-state index contributed by atoms with van der Waals surface area (Å²) in [6.45, 7) is 1.84. The first kappa shape index (κ1) is 26.7. The molecule has 0 spiro atoms. The summed E-state index contributed by atoms with van der Waals surface area (Å²) in [5.41, 5.74) is 1.77. The second-order valence-electron chi connectivity index (χ2n) is 10.3. The average Bonchev–Trinajstić information content (AvgIpc) is 3.61. The molecule has 1 N–H and O–H groups in total. The van der Waals surface area contributed by atoms with Gasteiger partial charge >= 0.3 is 6.36 Å². The van der Waals surface area contributed by atoms with Gasteiger partial charge in [0.2, 0.25) is 0 Å². The largest absolute Gasteiger partial charge is 0.573 e. The van der Waals surface area contributed by atoms with E-state index >= 15 is 0 Å². The Morgan fingerprint density at radius 3 is 2.68 bits per heavy atom. The number of nitriles is 1. The van der Waals surface area contributed by atoms with Gasteiger partial charge in [0, 0.05) is 61.1 Å². The number of rotatable bonds is 6. The number of benzene rings is 1. The van der Waals surface area contributed by atoms with Crippen LogP contribution in [0.15, 0.2) is 49.2 Å². The molecule has 0 bridgehead atoms. The summed E-state index contributed by atoms with van der Waals surface area (Å²) < 4.78 is 57.1. The van der Waals surface area contributed by atoms with Crippen LogP contribution in [0, 0.1) is 17.1 Å². The van der Waals surface area contributed by atoms with Crippen LogP contribution in [0.5, 0.6) is 5.75 Å². The molecule has 0 radical (unpaired) electrons. The van der Waals surface area contributed by atoms with E-state index in [-0.39, 0.29) is 11.6 Å². The maximum absolute atomic E-state index is 13.8. The van der Waals surface area contributed by atoms with Gasteiger partial charge in [-0.25, -0.2) is 14.4 Å². The minimum absolute atomic E-state index is 0.0779. The predicted octanol–water partition coefficient (Wildman–Crippen LogP) is 4.09. The van der Waals surface area contributed by atoms with Crippen molar-refractivity contribution in [1.82, 2.24) is 34.5 Å². The van der Waals surface area contributed by atoms with Crippen molar-refractivity contribution < 1.29 is 27.1 Å². The minimum Gasteiger partial charge on any atom is -0.403 e. The molecule has 2 aliphatic rings. The van der Waals surface area contributed by atoms with Crippen molar-refractivity contribution in [1.29, 1.82) is 5.26 Å². The molecular weight excluding hydrogens is 544 g/mol. The van der Waals surface area contributed by atoms with Crippen LogP contribution in [0.2, 0.25) is 0 Å². The predicted molar refractivity (Wildman–Crippen MR) is 137 cm³/mol. The number of aromatic nitrogens is 5. The second-order valence-corrected chi connectivity index (χ2v) is 10.3. The molecular formula is C27H24F4N8O2. The first-order chi connectivity index (χ1) is 19.7. The number of nitrogens with zero attached hydrogens (tertiary/aromatic N) is 7. The number of piperazine rings is 1. The van der Waals surface area contributed by atoms with Gasteiger partial charge in [-0.15, -0.1) is 13.2 Å². The molecule has 1 aromatic carbocycles. The molecule has 1 aliphatic carbocycles. The van der Waals surface area contributed by atoms with Crippen LogP contribution in [-0.4, -0.2) is 79.0 Å². The van der Waals surface area contributed by atoms with Crippen molar-refractivity contribution in [3.05, 3.63) is 60.6 Å². The lowest BCUT2D eigenvalue weighted by atomic mass is 9.70. The third-order valence-corrected chi connectivity index (χ3v) is 7.86. The monoisotopic (exact) mass is 568 g/mol. The molecule has 0 atom stereocenters. The van der Waals surface area contributed by atoms with E-state index in [0.717, 1.165) is 40.5 Å². The Hall–Kier alpha value is -4.51. The van der Waals surface area contributed by atoms with Crippen LogP contribution in [0.3, 0.4) is 0 Å². The number of carbonyl (C=O) groups is 1. The normalized spacial score (nSPS) is 21.4. The van der Waals surface area contributed by atoms with Crippen molar-refractivity contribution in [2.24, 2.45) is 0 Å². The average molecular weight is 569 g/mol. The Kier molecular flexibility index (Phi) is 6.61. The van der Waals surface area contributed by atoms with Gasteiger partial charge < -0.3 is 14.6 Å². The van der Waals surface area contributed by atoms with Crippen LogP contribution in [0.1, 0.15) is 29.6 Å². The highest BCUT2D eigenvalue weighted by molar-refractivity contribution is 5.94. The zero-order chi connectivity index (χ0) is 28.8. The van der Waals surface area contributed by atoms with Crippen LogP contribution in [0.4, 0.5) is 17.6 Å². The van der Waals surface area contributed by atoms with E-state index in [2.05, 4.69) is 35.8 Å². The SMILES string of the molecule is N#CC[C@]1(n2cc(-c3ncnc4[nH]ccc34)cn2)C[C@H](N2CCN(C(=O)c3ccc(F)c(OC(F)(F)F)c3)CC2)C1. The molecule has 10 nitrogen and oxygen atoms in total. The number of fused-ring (bicyclic) bond motifs is 1. The van der Waals surface area contributed by atoms with Crippen LogP contribution in [0.25, 0.3) is 22.3 Å². The van der Waals surface area contributed by atoms with E-state index in [9.17, 15) is 27.6 Å². The fourth-order valence-electron chi connectivity index (χ4n) is 5.75. The Labute approximate surface area is 231 Å². The lowest BCUT2D eigenvalue weighted by molar-refractivity contribution is -0.275. The van der Waals surface area contributed by atoms with Gasteiger partial charge in [0.05, 0.1) is 29.9 Å². The molecule has 1 amide bonds. The van der Waals surface area contributed by atoms with Crippen molar-refractivity contribution >= 4 is 16.9 Å². The zero-order valence-corrected chi connectivity index (χ0v) is 21.6. The van der Waals surface area contributed by atoms with Gasteiger partial charge in [0.15, 0.2) is 11.6 Å². The van der Waals surface area contributed by atoms with Crippen molar-refractivity contribution in [2.45, 2.75) is 37.2 Å². The highest BCUT2D eigenvalue weighted by atomic mass is 19.4. The number of H-pyrrole nitrogens is 1. The molecule has 14 heteroatoms. The van der Waals surface area contributed by atoms with Crippen molar-refractivity contribution in [3.8, 4) is 23.1 Å². The lowest BCUT2D eigenvalue weighted by Crippen LogP contribution is -2.60. The molecule has 0 unspecified atom stereocenters. The number of carbonyl (C=O) groups excluding carboxylic acids is 1. The van der Waals surface area contributed by atoms with E-state index in [1.165, 1.54) is 11.2 Å². The lowest BCUT2D eigenvalue weighted by Gasteiger charge is -2.52. The molecule has 1 saturated heterocycles. The summed E-state index contributed by atoms with van der Waals surface area (Å²) in [6.07, 6.45) is 3.58. The van der Waals surface area contributed by atoms with Crippen LogP contribution in [-0.2, 0) is 5.54 Å². The molecule has 41 heavy (non-hydrogen) atoms. The second kappa shape index (κ2) is 10.2. The van der Waals surface area contributed by atoms with E-state index < -0.39 is 29.4 Å². The molecule has 2 fully saturated rings. The van der Waals surface area contributed by atoms with Gasteiger partial charge in [-0.2, -0.15) is 10.4 Å². The summed E-state index contributed by atoms with van der Waals surface area (Å²) >= 11 is 0. The number of hydrogen-bond acceptors (Lipinski definition) is 7. The zero-order valence-electron chi connectivity index (χ0n) is 21.6. The summed E-state index contributed by atoms with van der Waals surface area (Å²) in [5, 5.41) is 15.1. The highest BCUT2D eigenvalue weighted by Crippen LogP contribution is 2.45. The third-order valence-electron chi connectivity index (χ3n) is 7.86. The smallest absolute Gasteiger partial charge is 0.403 e. The topological polar surface area (TPSA) is 116 Å². The fourth-order valence-corrected chi connectivity index (χ4v) is 5.75. The van der Waals surface area contributed by atoms with Crippen LogP contribution >= 0.6 is 0 Å². The number of halogens is 4. The highest BCUT2D eigenvalue weighted by Gasteiger charge is 2.49. The Bertz CT molecular complexity index is 1630. The number of hydrogen-bond donors (Lipinski definition) is 1. The minimum atomic E-state index is -5.07. The first-order valence-corrected chi connectivity index (χ1v) is 12.9. The summed E-state index contributed by atoms with van der Waals surface area (Å²) in [6, 6.07) is 7.11. The fraction of sp³-hybridized carbons (Fsp3) is 0.370. The van der Waals surface area contributed by atoms with E-state index in [1.54, 1.807) is 12.4 Å². The van der Waals surface area contributed by atoms with E-state index in [1.807, 2.05) is 16.9 Å². The number of alkyl halides is 3. The first-order valence-electron chi connectivity index (χ1n) is 12.9. The maximum atomic E-state index is 13.8. The van der Waals surface area contributed by atoms with Gasteiger partial charge in [0.25, 0.3) is 5.91 Å². The molecule has 1 aliphatic heterocycles. The summed E-state index contributed by atoms with van der Waals surface area (Å²) in [7, 11) is 0. The Balaban J connectivity index is 1.10. The standard InChI is InChI=1S/C27H24F4N8O2/c28-21-2-1-17(11-22(21)41-27(29,30)31)25(40)38-9-7-37(8-10-38)19-12-26(13-19,4-5-32)39-15-18(14-36-39)23-20-3-6-33-24(20)35-16-34-23/h1-3,6,11,14-16,19H,4,7-10,12-13H2,(H,33,34,35)/t19-,26-. The molecule has 4 aromatic rings. The van der Waals surface area contributed by atoms with Gasteiger partial charge in [-0.1, -0.05) is 0 Å². The van der Waals surface area contributed by atoms with E-state index in [4.69, 9.17) is 0 Å². The van der Waals surface area contributed by atoms with Crippen LogP contribution < -0.4 is 4.74 Å². The van der Waals surface area contributed by atoms with E-state index in [0.29, 0.717) is 45.4 Å². The van der Waals surface area contributed by atoms with Gasteiger partial charge in [0.1, 0.15) is 12.0 Å². The van der Waals surface area contributed by atoms with Crippen molar-refractivity contribution in [2.75, 3.05) is 26.2 Å². The molecule has 6 rings (SSSR count). The Morgan fingerprint density at radius 1 is 1.17 bits per heavy atom. The Morgan fingerprint density at radius 2 is 1.95 bits per heavy atom. The maximum Gasteiger partial charge on any atom is 0.573 e. The van der Waals surface area contributed by atoms with Gasteiger partial charge in [-0.05, 0) is 37.1 Å². The van der Waals surface area contributed by atoms with Gasteiger partial charge in [-0.3, -0.25) is 14.4 Å². The third kappa shape index (κ3) is 5.08. The van der Waals surface area contributed by atoms with Crippen molar-refractivity contribution in [3.63, 3.8) is 0 Å². The quantitative estimate of drug-likeness (QED) is 0.349. The molecule has 3 aromatic heterocycles. The molecule has 4 heterocycles. The molecule has 1 saturated carbocycles. The molecule has 212 valence electrons. The summed E-state index contributed by atoms with van der Waals surface area (Å²) in [5.74, 6) is -2.73. The summed E-state index contributed by atoms with van der Waals surface area (Å²) in [4.78, 5) is 28.4. The number of amides is 1. The number of aromatic amines is 1. The number of nitrogens with one attached hydrogen (secondary N) is 1. The number of ether oxygens (including phenoxy) is 1.